The Morgan fingerprint density at radius 3 is 3.00 bits per heavy atom. The van der Waals surface area contributed by atoms with Gasteiger partial charge >= 0.3 is 5.82 Å². The van der Waals surface area contributed by atoms with E-state index in [0.29, 0.717) is 5.56 Å². The second-order valence-electron chi connectivity index (χ2n) is 4.19. The fourth-order valence-electron chi connectivity index (χ4n) is 1.63. The van der Waals surface area contributed by atoms with Crippen molar-refractivity contribution in [3.8, 4) is 0 Å². The maximum atomic E-state index is 10.6. The van der Waals surface area contributed by atoms with Crippen LogP contribution in [-0.2, 0) is 6.42 Å². The number of allylic oxidation sites excluding steroid dienone is 1. The molecule has 0 aromatic carbocycles. The summed E-state index contributed by atoms with van der Waals surface area (Å²) in [6.07, 6.45) is 4.50. The molecule has 0 saturated heterocycles. The van der Waals surface area contributed by atoms with Crippen molar-refractivity contribution in [1.29, 1.82) is 0 Å². The second-order valence-corrected chi connectivity index (χ2v) is 4.19. The van der Waals surface area contributed by atoms with E-state index in [2.05, 4.69) is 24.0 Å². The lowest BCUT2D eigenvalue weighted by molar-refractivity contribution is -0.389. The summed E-state index contributed by atoms with van der Waals surface area (Å²) in [6.45, 7) is 4.15. The number of nitrogens with one attached hydrogen (secondary N) is 1. The van der Waals surface area contributed by atoms with Crippen LogP contribution < -0.4 is 0 Å². The highest BCUT2D eigenvalue weighted by Crippen LogP contribution is 2.34. The van der Waals surface area contributed by atoms with Crippen molar-refractivity contribution in [3.05, 3.63) is 27.4 Å². The number of aromatic nitrogens is 2. The van der Waals surface area contributed by atoms with Crippen LogP contribution in [0, 0.1) is 15.5 Å². The number of H-pyrrole nitrogens is 1. The van der Waals surface area contributed by atoms with Crippen molar-refractivity contribution in [1.82, 2.24) is 10.2 Å². The molecule has 1 heterocycles. The molecule has 0 radical (unpaired) electrons. The number of hydrogen-bond donors (Lipinski definition) is 1. The van der Waals surface area contributed by atoms with Gasteiger partial charge in [-0.2, -0.15) is 0 Å². The summed E-state index contributed by atoms with van der Waals surface area (Å²) in [5, 5.41) is 17.0. The first-order valence-electron chi connectivity index (χ1n) is 4.40. The Morgan fingerprint density at radius 1 is 1.64 bits per heavy atom. The second kappa shape index (κ2) is 2.67. The zero-order chi connectivity index (χ0) is 10.3. The largest absolute Gasteiger partial charge is 0.358 e. The molecule has 1 aromatic rings. The molecule has 1 aliphatic carbocycles. The average Bonchev–Trinajstić information content (AvgIpc) is 2.44. The Kier molecular flexibility index (Phi) is 1.70. The van der Waals surface area contributed by atoms with Crippen LogP contribution in [0.4, 0.5) is 5.82 Å². The molecule has 2 rings (SSSR count). The zero-order valence-electron chi connectivity index (χ0n) is 8.07. The number of nitrogens with zero attached hydrogens (tertiary/aromatic N) is 2. The summed E-state index contributed by atoms with van der Waals surface area (Å²) >= 11 is 0. The van der Waals surface area contributed by atoms with E-state index in [1.54, 1.807) is 6.08 Å². The van der Waals surface area contributed by atoms with Crippen LogP contribution in [0.5, 0.6) is 0 Å². The molecule has 0 spiro atoms. The Bertz CT molecular complexity index is 418. The van der Waals surface area contributed by atoms with Crippen molar-refractivity contribution in [3.63, 3.8) is 0 Å². The molecule has 0 saturated carbocycles. The predicted octanol–water partition coefficient (Wildman–Crippen LogP) is 1.91. The Labute approximate surface area is 81.0 Å². The number of nitro groups is 1. The van der Waals surface area contributed by atoms with Crippen LogP contribution in [0.15, 0.2) is 6.08 Å². The lowest BCUT2D eigenvalue weighted by Gasteiger charge is -2.21. The van der Waals surface area contributed by atoms with Gasteiger partial charge in [-0.05, 0) is 16.4 Å². The van der Waals surface area contributed by atoms with E-state index in [9.17, 15) is 10.1 Å². The van der Waals surface area contributed by atoms with Crippen LogP contribution >= 0.6 is 0 Å². The molecule has 0 fully saturated rings. The summed E-state index contributed by atoms with van der Waals surface area (Å²) in [6, 6.07) is 0. The summed E-state index contributed by atoms with van der Waals surface area (Å²) in [5.41, 5.74) is 1.44. The summed E-state index contributed by atoms with van der Waals surface area (Å²) in [4.78, 5) is 10.2. The molecule has 1 aromatic heterocycles. The lowest BCUT2D eigenvalue weighted by Crippen LogP contribution is -2.15. The Hall–Kier alpha value is -1.65. The molecule has 1 aliphatic rings. The van der Waals surface area contributed by atoms with Gasteiger partial charge in [-0.3, -0.25) is 0 Å². The molecular weight excluding hydrogens is 182 g/mol. The molecule has 0 aliphatic heterocycles. The van der Waals surface area contributed by atoms with Crippen molar-refractivity contribution in [2.45, 2.75) is 20.3 Å². The SMILES string of the molecule is CC1(C)C=Cc2c(n[nH]c2[N+](=O)[O-])C1. The smallest absolute Gasteiger partial charge is 0.350 e. The lowest BCUT2D eigenvalue weighted by atomic mass is 9.82. The minimum absolute atomic E-state index is 0.00764. The minimum atomic E-state index is -0.436. The molecule has 0 unspecified atom stereocenters. The molecule has 1 N–H and O–H groups in total. The number of aromatic amines is 1. The Morgan fingerprint density at radius 2 is 2.36 bits per heavy atom. The van der Waals surface area contributed by atoms with E-state index in [0.717, 1.165) is 12.1 Å². The maximum absolute atomic E-state index is 10.6. The third-order valence-electron chi connectivity index (χ3n) is 2.37. The fraction of sp³-hybridized carbons (Fsp3) is 0.444. The fourth-order valence-corrected chi connectivity index (χ4v) is 1.63. The van der Waals surface area contributed by atoms with E-state index in [1.807, 2.05) is 6.08 Å². The average molecular weight is 193 g/mol. The number of hydrogen-bond acceptors (Lipinski definition) is 3. The zero-order valence-corrected chi connectivity index (χ0v) is 8.07. The Balaban J connectivity index is 2.48. The van der Waals surface area contributed by atoms with Crippen LogP contribution in [-0.4, -0.2) is 15.1 Å². The molecule has 5 nitrogen and oxygen atoms in total. The predicted molar refractivity (Wildman–Crippen MR) is 51.8 cm³/mol. The summed E-state index contributed by atoms with van der Waals surface area (Å²) < 4.78 is 0. The van der Waals surface area contributed by atoms with E-state index in [4.69, 9.17) is 0 Å². The summed E-state index contributed by atoms with van der Waals surface area (Å²) in [5.74, 6) is -0.00764. The van der Waals surface area contributed by atoms with E-state index in [-0.39, 0.29) is 11.2 Å². The van der Waals surface area contributed by atoms with Gasteiger partial charge in [-0.25, -0.2) is 0 Å². The maximum Gasteiger partial charge on any atom is 0.350 e. The highest BCUT2D eigenvalue weighted by atomic mass is 16.6. The highest BCUT2D eigenvalue weighted by Gasteiger charge is 2.28. The van der Waals surface area contributed by atoms with Gasteiger partial charge < -0.3 is 10.1 Å². The van der Waals surface area contributed by atoms with Gasteiger partial charge in [-0.1, -0.05) is 25.0 Å². The first-order chi connectivity index (χ1) is 6.49. The molecule has 14 heavy (non-hydrogen) atoms. The first kappa shape index (κ1) is 8.93. The molecule has 0 bridgehead atoms. The van der Waals surface area contributed by atoms with Gasteiger partial charge in [0.25, 0.3) is 0 Å². The topological polar surface area (TPSA) is 71.8 Å². The van der Waals surface area contributed by atoms with Gasteiger partial charge in [0.15, 0.2) is 0 Å². The molecular formula is C9H11N3O2. The third-order valence-corrected chi connectivity index (χ3v) is 2.37. The minimum Gasteiger partial charge on any atom is -0.358 e. The van der Waals surface area contributed by atoms with Gasteiger partial charge in [0.1, 0.15) is 5.69 Å². The third kappa shape index (κ3) is 1.30. The molecule has 0 amide bonds. The van der Waals surface area contributed by atoms with E-state index in [1.165, 1.54) is 0 Å². The number of rotatable bonds is 1. The number of fused-ring (bicyclic) bond motifs is 1. The van der Waals surface area contributed by atoms with Crippen molar-refractivity contribution in [2.24, 2.45) is 5.41 Å². The van der Waals surface area contributed by atoms with Gasteiger partial charge in [0.05, 0.1) is 5.56 Å². The molecule has 5 heteroatoms. The standard InChI is InChI=1S/C9H11N3O2/c1-9(2)4-3-6-7(5-9)10-11-8(6)12(13)14/h3-4H,5H2,1-2H3,(H,10,11). The van der Waals surface area contributed by atoms with Crippen LogP contribution in [0.25, 0.3) is 6.08 Å². The van der Waals surface area contributed by atoms with Crippen molar-refractivity contribution in [2.75, 3.05) is 0 Å². The molecule has 74 valence electrons. The van der Waals surface area contributed by atoms with Gasteiger partial charge in [0.2, 0.25) is 0 Å². The van der Waals surface area contributed by atoms with Crippen LogP contribution in [0.1, 0.15) is 25.1 Å². The van der Waals surface area contributed by atoms with Gasteiger partial charge in [-0.15, -0.1) is 5.10 Å². The van der Waals surface area contributed by atoms with Crippen molar-refractivity contribution >= 4 is 11.9 Å². The van der Waals surface area contributed by atoms with Crippen molar-refractivity contribution < 1.29 is 4.92 Å². The normalized spacial score (nSPS) is 17.9. The van der Waals surface area contributed by atoms with Crippen LogP contribution in [0.3, 0.4) is 0 Å². The summed E-state index contributed by atoms with van der Waals surface area (Å²) in [7, 11) is 0. The van der Waals surface area contributed by atoms with Gasteiger partial charge in [0, 0.05) is 6.42 Å². The highest BCUT2D eigenvalue weighted by molar-refractivity contribution is 5.63. The quantitative estimate of drug-likeness (QED) is 0.547. The van der Waals surface area contributed by atoms with E-state index < -0.39 is 4.92 Å². The monoisotopic (exact) mass is 193 g/mol. The van der Waals surface area contributed by atoms with E-state index >= 15 is 0 Å². The molecule has 0 atom stereocenters. The first-order valence-corrected chi connectivity index (χ1v) is 4.40. The van der Waals surface area contributed by atoms with Crippen LogP contribution in [0.2, 0.25) is 0 Å².